The van der Waals surface area contributed by atoms with E-state index in [1.54, 1.807) is 43.1 Å². The van der Waals surface area contributed by atoms with Crippen molar-refractivity contribution in [2.24, 2.45) is 0 Å². The number of halogens is 3. The highest BCUT2D eigenvalue weighted by Gasteiger charge is 2.36. The molecule has 0 atom stereocenters. The molecule has 4 aromatic heterocycles. The summed E-state index contributed by atoms with van der Waals surface area (Å²) in [5, 5.41) is 5.28. The van der Waals surface area contributed by atoms with Crippen molar-refractivity contribution in [3.8, 4) is 17.1 Å². The highest BCUT2D eigenvalue weighted by Crippen LogP contribution is 2.30. The fourth-order valence-electron chi connectivity index (χ4n) is 2.46. The van der Waals surface area contributed by atoms with Crippen LogP contribution in [-0.4, -0.2) is 37.0 Å². The van der Waals surface area contributed by atoms with Gasteiger partial charge in [0.25, 0.3) is 5.91 Å². The average Bonchev–Trinajstić information content (AvgIpc) is 3.34. The number of anilines is 1. The van der Waals surface area contributed by atoms with Crippen LogP contribution in [0.2, 0.25) is 0 Å². The van der Waals surface area contributed by atoms with Crippen LogP contribution >= 0.6 is 0 Å². The molecule has 0 saturated carbocycles. The molecule has 0 radical (unpaired) electrons. The minimum absolute atomic E-state index is 0.163. The number of imidazole rings is 1. The van der Waals surface area contributed by atoms with Gasteiger partial charge in [0, 0.05) is 36.3 Å². The average molecular weight is 404 g/mol. The second-order valence-corrected chi connectivity index (χ2v) is 5.74. The molecule has 0 aliphatic heterocycles. The smallest absolute Gasteiger partial charge is 0.452 e. The fraction of sp³-hybridized carbons (Fsp3) is 0.118. The number of alkyl halides is 3. The van der Waals surface area contributed by atoms with E-state index >= 15 is 0 Å². The Bertz CT molecular complexity index is 1150. The molecule has 4 heterocycles. The zero-order valence-electron chi connectivity index (χ0n) is 14.4. The summed E-state index contributed by atoms with van der Waals surface area (Å²) in [5.41, 5.74) is 2.24. The Hall–Kier alpha value is -3.96. The van der Waals surface area contributed by atoms with Crippen molar-refractivity contribution in [2.45, 2.75) is 6.18 Å². The Morgan fingerprint density at radius 1 is 1.21 bits per heavy atom. The normalized spacial score (nSPS) is 11.6. The van der Waals surface area contributed by atoms with Gasteiger partial charge in [0.05, 0.1) is 18.1 Å². The van der Waals surface area contributed by atoms with Crippen LogP contribution in [0.3, 0.4) is 0 Å². The third-order valence-electron chi connectivity index (χ3n) is 3.76. The molecule has 0 aromatic carbocycles. The van der Waals surface area contributed by atoms with Gasteiger partial charge in [-0.1, -0.05) is 5.16 Å². The minimum atomic E-state index is -4.69. The number of carbonyl (C=O) groups excluding carboxylic acids is 1. The highest BCUT2D eigenvalue weighted by atomic mass is 19.4. The van der Waals surface area contributed by atoms with E-state index in [1.807, 2.05) is 4.40 Å². The largest absolute Gasteiger partial charge is 0.468 e. The first kappa shape index (κ1) is 18.4. The monoisotopic (exact) mass is 404 g/mol. The Kier molecular flexibility index (Phi) is 4.58. The molecule has 4 aromatic rings. The maximum absolute atomic E-state index is 12.4. The van der Waals surface area contributed by atoms with Crippen molar-refractivity contribution >= 4 is 17.4 Å². The van der Waals surface area contributed by atoms with E-state index < -0.39 is 24.5 Å². The highest BCUT2D eigenvalue weighted by molar-refractivity contribution is 5.90. The summed E-state index contributed by atoms with van der Waals surface area (Å²) in [6, 6.07) is 3.87. The predicted octanol–water partition coefficient (Wildman–Crippen LogP) is 2.82. The topological polar surface area (TPSA) is 107 Å². The lowest BCUT2D eigenvalue weighted by Crippen LogP contribution is -2.20. The van der Waals surface area contributed by atoms with E-state index in [9.17, 15) is 18.0 Å². The first-order chi connectivity index (χ1) is 13.9. The molecule has 148 valence electrons. The number of hydrogen-bond acceptors (Lipinski definition) is 7. The molecule has 1 amide bonds. The van der Waals surface area contributed by atoms with E-state index in [0.29, 0.717) is 11.7 Å². The summed E-state index contributed by atoms with van der Waals surface area (Å²) in [5.74, 6) is -2.23. The van der Waals surface area contributed by atoms with Crippen LogP contribution < -0.4 is 10.1 Å². The standard InChI is InChI=1S/C17H11F3N6O3/c18-17(19,20)12-5-13(25-29-12)24-15(27)9-28-16-2-1-10(6-23-16)11-7-22-14-8-21-3-4-26(11)14/h1-8H,9H2,(H,24,25,27). The number of carbonyl (C=O) groups is 1. The molecular formula is C17H11F3N6O3. The number of aromatic nitrogens is 5. The summed E-state index contributed by atoms with van der Waals surface area (Å²) in [6.07, 6.45) is 3.56. The number of amides is 1. The van der Waals surface area contributed by atoms with Gasteiger partial charge in [-0.3, -0.25) is 14.2 Å². The van der Waals surface area contributed by atoms with Gasteiger partial charge in [-0.05, 0) is 6.07 Å². The Morgan fingerprint density at radius 3 is 2.79 bits per heavy atom. The summed E-state index contributed by atoms with van der Waals surface area (Å²) >= 11 is 0. The molecule has 0 spiro atoms. The molecule has 0 fully saturated rings. The van der Waals surface area contributed by atoms with Gasteiger partial charge in [-0.25, -0.2) is 9.97 Å². The number of nitrogens with zero attached hydrogens (tertiary/aromatic N) is 5. The zero-order valence-corrected chi connectivity index (χ0v) is 14.4. The second kappa shape index (κ2) is 7.22. The molecule has 0 aliphatic rings. The van der Waals surface area contributed by atoms with Crippen LogP contribution in [0.1, 0.15) is 5.76 Å². The van der Waals surface area contributed by atoms with Crippen molar-refractivity contribution in [2.75, 3.05) is 11.9 Å². The third kappa shape index (κ3) is 4.00. The number of hydrogen-bond donors (Lipinski definition) is 1. The lowest BCUT2D eigenvalue weighted by atomic mass is 10.2. The number of ether oxygens (including phenoxy) is 1. The third-order valence-corrected chi connectivity index (χ3v) is 3.76. The van der Waals surface area contributed by atoms with E-state index in [2.05, 4.69) is 29.9 Å². The first-order valence-electron chi connectivity index (χ1n) is 8.10. The fourth-order valence-corrected chi connectivity index (χ4v) is 2.46. The van der Waals surface area contributed by atoms with Crippen LogP contribution in [0.25, 0.3) is 16.9 Å². The van der Waals surface area contributed by atoms with Crippen LogP contribution in [-0.2, 0) is 11.0 Å². The molecule has 0 bridgehead atoms. The van der Waals surface area contributed by atoms with Crippen LogP contribution in [0.15, 0.2) is 53.7 Å². The summed E-state index contributed by atoms with van der Waals surface area (Å²) in [6.45, 7) is -0.470. The number of nitrogens with one attached hydrogen (secondary N) is 1. The van der Waals surface area contributed by atoms with E-state index in [-0.39, 0.29) is 11.7 Å². The van der Waals surface area contributed by atoms with E-state index in [0.717, 1.165) is 11.3 Å². The lowest BCUT2D eigenvalue weighted by molar-refractivity contribution is -0.155. The quantitative estimate of drug-likeness (QED) is 0.545. The van der Waals surface area contributed by atoms with Crippen molar-refractivity contribution in [3.05, 3.63) is 54.9 Å². The van der Waals surface area contributed by atoms with Gasteiger partial charge in [-0.2, -0.15) is 13.2 Å². The van der Waals surface area contributed by atoms with Gasteiger partial charge in [0.1, 0.15) is 0 Å². The minimum Gasteiger partial charge on any atom is -0.468 e. The van der Waals surface area contributed by atoms with Crippen LogP contribution in [0.5, 0.6) is 5.88 Å². The molecule has 0 aliphatic carbocycles. The lowest BCUT2D eigenvalue weighted by Gasteiger charge is -2.06. The van der Waals surface area contributed by atoms with Crippen molar-refractivity contribution < 1.29 is 27.2 Å². The van der Waals surface area contributed by atoms with Crippen LogP contribution in [0, 0.1) is 0 Å². The molecule has 9 nitrogen and oxygen atoms in total. The maximum Gasteiger partial charge on any atom is 0.452 e. The Labute approximate surface area is 160 Å². The van der Waals surface area contributed by atoms with Gasteiger partial charge < -0.3 is 14.6 Å². The van der Waals surface area contributed by atoms with Gasteiger partial charge >= 0.3 is 6.18 Å². The summed E-state index contributed by atoms with van der Waals surface area (Å²) < 4.78 is 48.5. The van der Waals surface area contributed by atoms with E-state index in [4.69, 9.17) is 4.74 Å². The molecule has 0 unspecified atom stereocenters. The molecule has 12 heteroatoms. The number of pyridine rings is 1. The second-order valence-electron chi connectivity index (χ2n) is 5.74. The number of fused-ring (bicyclic) bond motifs is 1. The van der Waals surface area contributed by atoms with Gasteiger partial charge in [0.2, 0.25) is 11.6 Å². The molecular weight excluding hydrogens is 393 g/mol. The molecule has 29 heavy (non-hydrogen) atoms. The van der Waals surface area contributed by atoms with Gasteiger partial charge in [-0.15, -0.1) is 0 Å². The summed E-state index contributed by atoms with van der Waals surface area (Å²) in [4.78, 5) is 24.1. The van der Waals surface area contributed by atoms with Crippen molar-refractivity contribution in [1.82, 2.24) is 24.5 Å². The maximum atomic E-state index is 12.4. The van der Waals surface area contributed by atoms with Crippen molar-refractivity contribution in [3.63, 3.8) is 0 Å². The zero-order chi connectivity index (χ0) is 20.4. The van der Waals surface area contributed by atoms with Crippen molar-refractivity contribution in [1.29, 1.82) is 0 Å². The molecule has 0 saturated heterocycles. The predicted molar refractivity (Wildman–Crippen MR) is 91.8 cm³/mol. The molecule has 4 rings (SSSR count). The van der Waals surface area contributed by atoms with E-state index in [1.165, 1.54) is 0 Å². The van der Waals surface area contributed by atoms with Crippen LogP contribution in [0.4, 0.5) is 19.0 Å². The summed E-state index contributed by atoms with van der Waals surface area (Å²) in [7, 11) is 0. The number of rotatable bonds is 5. The SMILES string of the molecule is O=C(COc1ccc(-c2cnc3cnccn23)cn1)Nc1cc(C(F)(F)F)on1. The Morgan fingerprint density at radius 2 is 2.07 bits per heavy atom. The van der Waals surface area contributed by atoms with Gasteiger partial charge in [0.15, 0.2) is 18.1 Å². The Balaban J connectivity index is 1.37. The first-order valence-corrected chi connectivity index (χ1v) is 8.10. The molecule has 1 N–H and O–H groups in total.